The van der Waals surface area contributed by atoms with E-state index in [4.69, 9.17) is 23.4 Å². The largest absolute Gasteiger partial charge is 0.508 e. The second-order valence-corrected chi connectivity index (χ2v) is 10.1. The summed E-state index contributed by atoms with van der Waals surface area (Å²) in [4.78, 5) is 13.0. The SMILES string of the molecule is C[C@@H]1O[C@@H](O[C@@H]2[C@@H](Oc3c(O)cc4oc(-c5ccc(O)cc5)cc(=O)c4c3O)O[C@@H](CO)[C@H](O)[C@H]2O)[C@@H](O)[C@@H](O)[C@H]1O. The van der Waals surface area contributed by atoms with Crippen molar-refractivity contribution in [2.24, 2.45) is 0 Å². The molecule has 0 unspecified atom stereocenters. The van der Waals surface area contributed by atoms with Gasteiger partial charge in [0.1, 0.15) is 59.1 Å². The number of aromatic hydroxyl groups is 3. The summed E-state index contributed by atoms with van der Waals surface area (Å²) < 4.78 is 27.9. The van der Waals surface area contributed by atoms with Gasteiger partial charge in [-0.3, -0.25) is 4.79 Å². The van der Waals surface area contributed by atoms with Gasteiger partial charge >= 0.3 is 0 Å². The Hall–Kier alpha value is -3.51. The first kappa shape index (κ1) is 30.0. The van der Waals surface area contributed by atoms with Crippen LogP contribution in [0.4, 0.5) is 0 Å². The van der Waals surface area contributed by atoms with Crippen molar-refractivity contribution in [3.05, 3.63) is 46.6 Å². The zero-order valence-electron chi connectivity index (χ0n) is 21.9. The lowest BCUT2D eigenvalue weighted by Crippen LogP contribution is -2.64. The highest BCUT2D eigenvalue weighted by Gasteiger charge is 2.51. The number of hydrogen-bond donors (Lipinski definition) is 9. The van der Waals surface area contributed by atoms with Gasteiger partial charge in [-0.2, -0.15) is 0 Å². The van der Waals surface area contributed by atoms with Crippen LogP contribution in [0.3, 0.4) is 0 Å². The van der Waals surface area contributed by atoms with Crippen LogP contribution in [0, 0.1) is 0 Å². The summed E-state index contributed by atoms with van der Waals surface area (Å²) in [7, 11) is 0. The number of rotatable bonds is 6. The molecule has 15 heteroatoms. The van der Waals surface area contributed by atoms with Gasteiger partial charge in [0.25, 0.3) is 0 Å². The maximum Gasteiger partial charge on any atom is 0.230 e. The standard InChI is InChI=1S/C27H30O15/c1-9-18(32)21(35)23(37)26(38-9)42-25-22(36)19(33)16(8-28)40-27(25)41-24-13(31)7-15-17(20(24)34)12(30)6-14(39-15)10-2-4-11(29)5-3-10/h2-7,9,16,18-19,21-23,25-29,31-37H,8H2,1H3/t9-,16-,18-,19-,21-,22+,23-,25-,26-,27+/m0/s1. The monoisotopic (exact) mass is 594 g/mol. The number of phenols is 3. The number of aliphatic hydroxyl groups is 6. The van der Waals surface area contributed by atoms with E-state index in [0.717, 1.165) is 12.1 Å². The lowest BCUT2D eigenvalue weighted by Gasteiger charge is -2.45. The van der Waals surface area contributed by atoms with Crippen LogP contribution in [0.15, 0.2) is 45.6 Å². The first-order chi connectivity index (χ1) is 19.9. The molecular formula is C27H30O15. The molecule has 3 aromatic rings. The molecule has 5 rings (SSSR count). The predicted octanol–water partition coefficient (Wildman–Crippen LogP) is -1.39. The van der Waals surface area contributed by atoms with Gasteiger partial charge in [-0.05, 0) is 31.2 Å². The van der Waals surface area contributed by atoms with E-state index in [1.165, 1.54) is 31.2 Å². The second kappa shape index (κ2) is 11.6. The lowest BCUT2D eigenvalue weighted by atomic mass is 9.97. The number of benzene rings is 2. The van der Waals surface area contributed by atoms with Crippen molar-refractivity contribution in [3.8, 4) is 34.3 Å². The summed E-state index contributed by atoms with van der Waals surface area (Å²) in [6.07, 6.45) is -16.3. The molecule has 0 amide bonds. The van der Waals surface area contributed by atoms with Crippen molar-refractivity contribution in [1.82, 2.24) is 0 Å². The molecule has 0 aliphatic carbocycles. The van der Waals surface area contributed by atoms with Crippen LogP contribution < -0.4 is 10.2 Å². The van der Waals surface area contributed by atoms with Crippen LogP contribution in [-0.2, 0) is 14.2 Å². The Morgan fingerprint density at radius 1 is 0.833 bits per heavy atom. The van der Waals surface area contributed by atoms with Gasteiger partial charge in [-0.15, -0.1) is 0 Å². The van der Waals surface area contributed by atoms with Crippen LogP contribution >= 0.6 is 0 Å². The summed E-state index contributed by atoms with van der Waals surface area (Å²) >= 11 is 0. The molecule has 2 aliphatic rings. The summed E-state index contributed by atoms with van der Waals surface area (Å²) in [5, 5.41) is 92.2. The molecule has 15 nitrogen and oxygen atoms in total. The van der Waals surface area contributed by atoms with Crippen LogP contribution in [0.25, 0.3) is 22.3 Å². The maximum atomic E-state index is 13.0. The Morgan fingerprint density at radius 3 is 2.19 bits per heavy atom. The van der Waals surface area contributed by atoms with Crippen LogP contribution in [0.1, 0.15) is 6.92 Å². The lowest BCUT2D eigenvalue weighted by molar-refractivity contribution is -0.354. The highest BCUT2D eigenvalue weighted by molar-refractivity contribution is 5.89. The third kappa shape index (κ3) is 5.37. The minimum atomic E-state index is -1.86. The summed E-state index contributed by atoms with van der Waals surface area (Å²) in [5.74, 6) is -2.27. The minimum absolute atomic E-state index is 0.0138. The van der Waals surface area contributed by atoms with E-state index in [9.17, 15) is 50.8 Å². The molecule has 0 bridgehead atoms. The van der Waals surface area contributed by atoms with Crippen molar-refractivity contribution in [1.29, 1.82) is 0 Å². The van der Waals surface area contributed by atoms with Gasteiger partial charge in [0.05, 0.1) is 12.7 Å². The summed E-state index contributed by atoms with van der Waals surface area (Å²) in [6.45, 7) is 0.590. The molecule has 2 aliphatic heterocycles. The molecule has 42 heavy (non-hydrogen) atoms. The third-order valence-electron chi connectivity index (χ3n) is 7.24. The van der Waals surface area contributed by atoms with E-state index >= 15 is 0 Å². The number of hydrogen-bond acceptors (Lipinski definition) is 15. The fourth-order valence-electron chi connectivity index (χ4n) is 4.85. The van der Waals surface area contributed by atoms with Gasteiger partial charge in [0.2, 0.25) is 12.0 Å². The average Bonchev–Trinajstić information content (AvgIpc) is 2.95. The molecule has 2 fully saturated rings. The molecule has 9 N–H and O–H groups in total. The smallest absolute Gasteiger partial charge is 0.230 e. The molecule has 0 saturated carbocycles. The van der Waals surface area contributed by atoms with Gasteiger partial charge in [-0.25, -0.2) is 0 Å². The predicted molar refractivity (Wildman–Crippen MR) is 139 cm³/mol. The van der Waals surface area contributed by atoms with Crippen LogP contribution in [-0.4, -0.2) is 114 Å². The quantitative estimate of drug-likeness (QED) is 0.159. The number of fused-ring (bicyclic) bond motifs is 1. The second-order valence-electron chi connectivity index (χ2n) is 10.1. The van der Waals surface area contributed by atoms with Gasteiger partial charge in [-0.1, -0.05) is 0 Å². The van der Waals surface area contributed by atoms with Crippen molar-refractivity contribution < 1.29 is 69.3 Å². The first-order valence-electron chi connectivity index (χ1n) is 12.9. The van der Waals surface area contributed by atoms with E-state index in [2.05, 4.69) is 0 Å². The zero-order chi connectivity index (χ0) is 30.5. The summed E-state index contributed by atoms with van der Waals surface area (Å²) in [5.41, 5.74) is -0.541. The maximum absolute atomic E-state index is 13.0. The van der Waals surface area contributed by atoms with Crippen molar-refractivity contribution in [3.63, 3.8) is 0 Å². The average molecular weight is 595 g/mol. The van der Waals surface area contributed by atoms with Gasteiger partial charge in [0.15, 0.2) is 29.3 Å². The van der Waals surface area contributed by atoms with Gasteiger partial charge in [0, 0.05) is 17.7 Å². The Labute approximate surface area is 236 Å². The Morgan fingerprint density at radius 2 is 1.52 bits per heavy atom. The number of ether oxygens (including phenoxy) is 4. The Balaban J connectivity index is 1.49. The molecule has 2 aromatic carbocycles. The van der Waals surface area contributed by atoms with E-state index in [-0.39, 0.29) is 17.1 Å². The van der Waals surface area contributed by atoms with Crippen molar-refractivity contribution >= 4 is 11.0 Å². The Kier molecular flexibility index (Phi) is 8.30. The molecule has 10 atom stereocenters. The van der Waals surface area contributed by atoms with E-state index < -0.39 is 96.1 Å². The third-order valence-corrected chi connectivity index (χ3v) is 7.24. The summed E-state index contributed by atoms with van der Waals surface area (Å²) in [6, 6.07) is 7.78. The molecule has 228 valence electrons. The Bertz CT molecular complexity index is 1470. The number of phenolic OH excluding ortho intramolecular Hbond substituents is 3. The molecule has 3 heterocycles. The van der Waals surface area contributed by atoms with E-state index in [0.29, 0.717) is 5.56 Å². The fourth-order valence-corrected chi connectivity index (χ4v) is 4.85. The zero-order valence-corrected chi connectivity index (χ0v) is 21.9. The topological polar surface area (TPSA) is 249 Å². The van der Waals surface area contributed by atoms with Crippen molar-refractivity contribution in [2.45, 2.75) is 68.3 Å². The normalized spacial score (nSPS) is 33.5. The molecule has 0 spiro atoms. The van der Waals surface area contributed by atoms with Gasteiger partial charge < -0.3 is 69.3 Å². The van der Waals surface area contributed by atoms with E-state index in [1.54, 1.807) is 0 Å². The molecule has 0 radical (unpaired) electrons. The number of aliphatic hydroxyl groups excluding tert-OH is 6. The molecule has 2 saturated heterocycles. The van der Waals surface area contributed by atoms with Crippen LogP contribution in [0.2, 0.25) is 0 Å². The minimum Gasteiger partial charge on any atom is -0.508 e. The van der Waals surface area contributed by atoms with E-state index in [1.807, 2.05) is 0 Å². The first-order valence-corrected chi connectivity index (χ1v) is 12.9. The highest BCUT2D eigenvalue weighted by Crippen LogP contribution is 2.43. The highest BCUT2D eigenvalue weighted by atomic mass is 16.8. The molecular weight excluding hydrogens is 564 g/mol. The van der Waals surface area contributed by atoms with Crippen LogP contribution in [0.5, 0.6) is 23.0 Å². The molecule has 1 aromatic heterocycles. The van der Waals surface area contributed by atoms with Crippen molar-refractivity contribution in [2.75, 3.05) is 6.61 Å². The fraction of sp³-hybridized carbons (Fsp3) is 0.444.